The smallest absolute Gasteiger partial charge is 0.288 e. The topological polar surface area (TPSA) is 31.2 Å². The summed E-state index contributed by atoms with van der Waals surface area (Å²) in [7, 11) is -2.72. The molecule has 0 aliphatic carbocycles. The minimum Gasteiger partial charge on any atom is -0.362 e. The predicted molar refractivity (Wildman–Crippen MR) is 171 cm³/mol. The number of rotatable bonds is 8. The van der Waals surface area contributed by atoms with Gasteiger partial charge in [-0.15, -0.1) is 0 Å². The number of aliphatic imine (C=N–C) groups is 2. The zero-order chi connectivity index (χ0) is 28.2. The molecule has 206 valence electrons. The molecule has 2 aromatic carbocycles. The van der Waals surface area contributed by atoms with Crippen molar-refractivity contribution in [1.82, 2.24) is 9.13 Å². The molecular weight excluding hydrogens is 492 g/mol. The van der Waals surface area contributed by atoms with Crippen LogP contribution in [0.3, 0.4) is 0 Å². The third-order valence-electron chi connectivity index (χ3n) is 7.34. The lowest BCUT2D eigenvalue weighted by Crippen LogP contribution is -2.74. The van der Waals surface area contributed by atoms with E-state index < -0.39 is 8.40 Å². The van der Waals surface area contributed by atoms with Crippen molar-refractivity contribution in [3.05, 3.63) is 108 Å². The van der Waals surface area contributed by atoms with Gasteiger partial charge in [0.05, 0.1) is 0 Å². The normalized spacial score (nSPS) is 22.9. The van der Waals surface area contributed by atoms with Gasteiger partial charge in [-0.2, -0.15) is 0 Å². The van der Waals surface area contributed by atoms with E-state index in [9.17, 15) is 0 Å². The average molecular weight is 539 g/mol. The molecule has 0 N–H and O–H groups in total. The van der Waals surface area contributed by atoms with Crippen molar-refractivity contribution in [2.75, 3.05) is 0 Å². The second-order valence-electron chi connectivity index (χ2n) is 11.7. The zero-order valence-corrected chi connectivity index (χ0v) is 26.0. The molecule has 2 aliphatic rings. The molecular formula is C34H46N4Si. The largest absolute Gasteiger partial charge is 0.362 e. The van der Waals surface area contributed by atoms with E-state index in [1.165, 1.54) is 11.1 Å². The van der Waals surface area contributed by atoms with Crippen LogP contribution in [0.4, 0.5) is 0 Å². The highest BCUT2D eigenvalue weighted by atomic mass is 28.4. The van der Waals surface area contributed by atoms with Crippen molar-refractivity contribution < 1.29 is 0 Å². The molecule has 0 saturated carbocycles. The lowest BCUT2D eigenvalue weighted by molar-refractivity contribution is 0.390. The van der Waals surface area contributed by atoms with E-state index >= 15 is 0 Å². The van der Waals surface area contributed by atoms with E-state index in [4.69, 9.17) is 9.98 Å². The molecule has 0 saturated heterocycles. The molecule has 5 heteroatoms. The third kappa shape index (κ3) is 5.74. The Morgan fingerprint density at radius 1 is 0.564 bits per heavy atom. The minimum absolute atomic E-state index is 0.167. The van der Waals surface area contributed by atoms with Gasteiger partial charge in [0.25, 0.3) is 8.40 Å². The highest BCUT2D eigenvalue weighted by Crippen LogP contribution is 2.51. The Morgan fingerprint density at radius 3 is 1.23 bits per heavy atom. The van der Waals surface area contributed by atoms with E-state index in [-0.39, 0.29) is 35.2 Å². The fraction of sp³-hybridized carbons (Fsp3) is 0.412. The van der Waals surface area contributed by atoms with Crippen LogP contribution in [-0.2, 0) is 0 Å². The molecule has 2 heterocycles. The van der Waals surface area contributed by atoms with Gasteiger partial charge in [-0.05, 0) is 55.4 Å². The summed E-state index contributed by atoms with van der Waals surface area (Å²) < 4.78 is 5.49. The summed E-state index contributed by atoms with van der Waals surface area (Å²) in [5.74, 6) is 2.19. The number of hydrogen-bond acceptors (Lipinski definition) is 2. The summed E-state index contributed by atoms with van der Waals surface area (Å²) in [4.78, 5) is 10.8. The Balaban J connectivity index is 2.10. The number of fused-ring (bicyclic) bond motifs is 2. The first kappa shape index (κ1) is 28.8. The van der Waals surface area contributed by atoms with Crippen molar-refractivity contribution in [1.29, 1.82) is 0 Å². The molecule has 0 amide bonds. The van der Waals surface area contributed by atoms with Crippen LogP contribution in [0.5, 0.6) is 0 Å². The first-order valence-corrected chi connectivity index (χ1v) is 16.6. The van der Waals surface area contributed by atoms with E-state index in [2.05, 4.69) is 162 Å². The summed E-state index contributed by atoms with van der Waals surface area (Å²) in [6, 6.07) is 22.4. The van der Waals surface area contributed by atoms with Crippen LogP contribution in [0.2, 0.25) is 11.1 Å². The fourth-order valence-electron chi connectivity index (χ4n) is 6.15. The van der Waals surface area contributed by atoms with Gasteiger partial charge in [0.1, 0.15) is 11.7 Å². The number of amidine groups is 2. The lowest BCUT2D eigenvalue weighted by atomic mass is 10.2. The van der Waals surface area contributed by atoms with Crippen molar-refractivity contribution >= 4 is 20.1 Å². The van der Waals surface area contributed by atoms with Crippen molar-refractivity contribution in [2.45, 2.75) is 90.6 Å². The summed E-state index contributed by atoms with van der Waals surface area (Å²) in [6.07, 6.45) is 14.3. The van der Waals surface area contributed by atoms with Gasteiger partial charge in [0.2, 0.25) is 0 Å². The molecule has 0 unspecified atom stereocenters. The van der Waals surface area contributed by atoms with Crippen LogP contribution in [0.15, 0.2) is 107 Å². The number of allylic oxidation sites excluding steroid dienone is 6. The number of hydrogen-bond donors (Lipinski definition) is 0. The molecule has 39 heavy (non-hydrogen) atoms. The van der Waals surface area contributed by atoms with Gasteiger partial charge < -0.3 is 9.13 Å². The molecule has 2 aliphatic heterocycles. The molecule has 0 radical (unpaired) electrons. The highest BCUT2D eigenvalue weighted by Gasteiger charge is 2.61. The van der Waals surface area contributed by atoms with Gasteiger partial charge in [-0.1, -0.05) is 97.1 Å². The molecule has 0 spiro atoms. The van der Waals surface area contributed by atoms with Crippen LogP contribution in [-0.4, -0.2) is 53.4 Å². The van der Waals surface area contributed by atoms with Crippen molar-refractivity contribution in [3.8, 4) is 0 Å². The van der Waals surface area contributed by atoms with E-state index in [1.54, 1.807) is 0 Å². The third-order valence-corrected chi connectivity index (χ3v) is 13.1. The Bertz CT molecular complexity index is 1140. The molecule has 4 nitrogen and oxygen atoms in total. The zero-order valence-electron chi connectivity index (χ0n) is 25.0. The van der Waals surface area contributed by atoms with Gasteiger partial charge in [-0.25, -0.2) is 0 Å². The summed E-state index contributed by atoms with van der Waals surface area (Å²) in [6.45, 7) is 18.1. The maximum atomic E-state index is 5.39. The molecule has 0 fully saturated rings. The van der Waals surface area contributed by atoms with Crippen molar-refractivity contribution in [2.24, 2.45) is 9.98 Å². The Kier molecular flexibility index (Phi) is 9.11. The minimum atomic E-state index is -2.72. The van der Waals surface area contributed by atoms with Gasteiger partial charge in [0.15, 0.2) is 0 Å². The van der Waals surface area contributed by atoms with Crippen LogP contribution in [0.25, 0.3) is 0 Å². The standard InChI is InChI=1S/C34H46N4Si/c1-25(2)35-33(29-17-11-9-12-18-29)37(27(5)6)39(31-21-15-16-22-32(39)24-23-31)38(28(7)8)34(36-26(3)4)30-19-13-10-14-20-30/h9-28,31-32H,1-8H3/t31-,32+,39?. The van der Waals surface area contributed by atoms with Gasteiger partial charge in [0, 0.05) is 46.4 Å². The summed E-state index contributed by atoms with van der Waals surface area (Å²) in [5.41, 5.74) is 2.89. The Hall–Kier alpha value is -3.18. The molecule has 4 rings (SSSR count). The van der Waals surface area contributed by atoms with E-state index in [0.717, 1.165) is 11.7 Å². The number of benzene rings is 2. The Morgan fingerprint density at radius 2 is 0.923 bits per heavy atom. The predicted octanol–water partition coefficient (Wildman–Crippen LogP) is 8.00. The second kappa shape index (κ2) is 12.3. The van der Waals surface area contributed by atoms with Crippen LogP contribution in [0.1, 0.15) is 66.5 Å². The van der Waals surface area contributed by atoms with Gasteiger partial charge in [-0.3, -0.25) is 9.98 Å². The molecule has 2 bridgehead atoms. The fourth-order valence-corrected chi connectivity index (χ4v) is 12.4. The van der Waals surface area contributed by atoms with Gasteiger partial charge >= 0.3 is 0 Å². The van der Waals surface area contributed by atoms with Crippen LogP contribution >= 0.6 is 0 Å². The average Bonchev–Trinajstić information content (AvgIpc) is 3.11. The van der Waals surface area contributed by atoms with Crippen molar-refractivity contribution in [3.63, 3.8) is 0 Å². The molecule has 2 aromatic rings. The van der Waals surface area contributed by atoms with Crippen LogP contribution in [0, 0.1) is 0 Å². The maximum absolute atomic E-state index is 5.39. The second-order valence-corrected chi connectivity index (χ2v) is 15.6. The molecule has 0 aromatic heterocycles. The van der Waals surface area contributed by atoms with E-state index in [0.29, 0.717) is 0 Å². The SMILES string of the molecule is CC(C)N=C(c1ccccc1)N(C(C)C)[Si]1(N(C(=NC(C)C)c2ccccc2)C(C)C)[C@@H]2C=CC=C[C@H]1C=C2. The first-order chi connectivity index (χ1) is 18.7. The number of nitrogens with zero attached hydrogens (tertiary/aromatic N) is 4. The quantitative estimate of drug-likeness (QED) is 0.148. The highest BCUT2D eigenvalue weighted by molar-refractivity contribution is 6.84. The monoisotopic (exact) mass is 538 g/mol. The lowest BCUT2D eigenvalue weighted by Gasteiger charge is -2.57. The molecule has 2 atom stereocenters. The Labute approximate surface area is 237 Å². The summed E-state index contributed by atoms with van der Waals surface area (Å²) >= 11 is 0. The maximum Gasteiger partial charge on any atom is 0.288 e. The van der Waals surface area contributed by atoms with E-state index in [1.807, 2.05) is 0 Å². The first-order valence-electron chi connectivity index (χ1n) is 14.6. The van der Waals surface area contributed by atoms with Crippen LogP contribution < -0.4 is 0 Å². The summed E-state index contributed by atoms with van der Waals surface area (Å²) in [5, 5.41) is 0.